The van der Waals surface area contributed by atoms with Crippen molar-refractivity contribution in [3.63, 3.8) is 0 Å². The van der Waals surface area contributed by atoms with Crippen LogP contribution >= 0.6 is 11.3 Å². The number of rotatable bonds is 3. The summed E-state index contributed by atoms with van der Waals surface area (Å²) in [5.74, 6) is 0.000856. The van der Waals surface area contributed by atoms with Gasteiger partial charge in [0.15, 0.2) is 4.96 Å². The summed E-state index contributed by atoms with van der Waals surface area (Å²) < 4.78 is 1.55. The van der Waals surface area contributed by atoms with E-state index < -0.39 is 0 Å². The molecule has 0 atom stereocenters. The average molecular weight is 395 g/mol. The van der Waals surface area contributed by atoms with Crippen molar-refractivity contribution in [2.45, 2.75) is 6.54 Å². The third kappa shape index (κ3) is 3.06. The molecule has 9 nitrogen and oxygen atoms in total. The Kier molecular flexibility index (Phi) is 4.14. The predicted octanol–water partition coefficient (Wildman–Crippen LogP) is 0.985. The van der Waals surface area contributed by atoms with Gasteiger partial charge < -0.3 is 4.90 Å². The first-order chi connectivity index (χ1) is 13.7. The molecule has 1 fully saturated rings. The molecule has 0 radical (unpaired) electrons. The molecule has 1 N–H and O–H groups in total. The van der Waals surface area contributed by atoms with E-state index in [4.69, 9.17) is 0 Å². The van der Waals surface area contributed by atoms with Gasteiger partial charge in [-0.3, -0.25) is 18.9 Å². The van der Waals surface area contributed by atoms with E-state index in [-0.39, 0.29) is 11.5 Å². The van der Waals surface area contributed by atoms with E-state index in [1.165, 1.54) is 11.3 Å². The molecule has 4 heterocycles. The zero-order valence-corrected chi connectivity index (χ0v) is 15.7. The van der Waals surface area contributed by atoms with Crippen molar-refractivity contribution in [2.75, 3.05) is 26.2 Å². The lowest BCUT2D eigenvalue weighted by Crippen LogP contribution is -2.48. The van der Waals surface area contributed by atoms with E-state index in [9.17, 15) is 9.59 Å². The van der Waals surface area contributed by atoms with Gasteiger partial charge in [-0.1, -0.05) is 0 Å². The number of carbonyl (C=O) groups is 1. The van der Waals surface area contributed by atoms with Crippen molar-refractivity contribution in [3.05, 3.63) is 57.5 Å². The van der Waals surface area contributed by atoms with Crippen molar-refractivity contribution in [1.29, 1.82) is 0 Å². The minimum Gasteiger partial charge on any atom is -0.336 e. The van der Waals surface area contributed by atoms with Gasteiger partial charge in [-0.2, -0.15) is 15.4 Å². The fourth-order valence-corrected chi connectivity index (χ4v) is 4.20. The van der Waals surface area contributed by atoms with E-state index in [0.29, 0.717) is 35.7 Å². The van der Waals surface area contributed by atoms with Crippen molar-refractivity contribution < 1.29 is 4.79 Å². The number of fused-ring (bicyclic) bond motifs is 2. The zero-order chi connectivity index (χ0) is 19.1. The van der Waals surface area contributed by atoms with Crippen LogP contribution in [0.2, 0.25) is 0 Å². The molecule has 0 saturated carbocycles. The molecule has 1 amide bonds. The number of carbonyl (C=O) groups excluding carboxylic acids is 1. The Morgan fingerprint density at radius 3 is 2.79 bits per heavy atom. The van der Waals surface area contributed by atoms with E-state index in [0.717, 1.165) is 24.3 Å². The van der Waals surface area contributed by atoms with Crippen LogP contribution in [0.15, 0.2) is 40.6 Å². The Balaban J connectivity index is 1.25. The first-order valence-corrected chi connectivity index (χ1v) is 9.83. The van der Waals surface area contributed by atoms with E-state index in [1.807, 2.05) is 10.3 Å². The molecule has 1 aliphatic rings. The molecule has 1 aliphatic heterocycles. The van der Waals surface area contributed by atoms with Crippen LogP contribution in [0.1, 0.15) is 16.1 Å². The van der Waals surface area contributed by atoms with E-state index >= 15 is 0 Å². The van der Waals surface area contributed by atoms with E-state index in [1.54, 1.807) is 34.9 Å². The lowest BCUT2D eigenvalue weighted by Gasteiger charge is -2.34. The largest absolute Gasteiger partial charge is 0.336 e. The minimum absolute atomic E-state index is 0.000856. The number of piperazine rings is 1. The molecule has 28 heavy (non-hydrogen) atoms. The van der Waals surface area contributed by atoms with Crippen molar-refractivity contribution >= 4 is 33.2 Å². The molecular weight excluding hydrogens is 378 g/mol. The maximum Gasteiger partial charge on any atom is 0.258 e. The van der Waals surface area contributed by atoms with Crippen molar-refractivity contribution in [1.82, 2.24) is 34.6 Å². The van der Waals surface area contributed by atoms with Crippen LogP contribution in [0.25, 0.3) is 16.0 Å². The van der Waals surface area contributed by atoms with Gasteiger partial charge in [0, 0.05) is 55.9 Å². The van der Waals surface area contributed by atoms with Crippen LogP contribution in [0, 0.1) is 0 Å². The quantitative estimate of drug-likeness (QED) is 0.555. The Hall–Kier alpha value is -3.11. The number of hydrogen-bond donors (Lipinski definition) is 1. The molecule has 4 aromatic rings. The van der Waals surface area contributed by atoms with Gasteiger partial charge in [0.2, 0.25) is 0 Å². The molecule has 0 spiro atoms. The number of hydrogen-bond acceptors (Lipinski definition) is 7. The Labute approximate surface area is 163 Å². The number of thiazole rings is 1. The Morgan fingerprint density at radius 1 is 1.11 bits per heavy atom. The normalized spacial score (nSPS) is 15.5. The van der Waals surface area contributed by atoms with Gasteiger partial charge in [-0.15, -0.1) is 11.3 Å². The van der Waals surface area contributed by atoms with Gasteiger partial charge >= 0.3 is 0 Å². The number of amides is 1. The maximum absolute atomic E-state index is 12.8. The molecule has 1 saturated heterocycles. The molecule has 10 heteroatoms. The lowest BCUT2D eigenvalue weighted by molar-refractivity contribution is 0.0627. The summed E-state index contributed by atoms with van der Waals surface area (Å²) in [6.45, 7) is 3.36. The highest BCUT2D eigenvalue weighted by atomic mass is 32.1. The fourth-order valence-electron chi connectivity index (χ4n) is 3.46. The van der Waals surface area contributed by atoms with Gasteiger partial charge in [0.1, 0.15) is 11.0 Å². The first-order valence-electron chi connectivity index (χ1n) is 8.95. The van der Waals surface area contributed by atoms with Crippen LogP contribution in [-0.4, -0.2) is 66.7 Å². The van der Waals surface area contributed by atoms with Crippen molar-refractivity contribution in [3.8, 4) is 0 Å². The second kappa shape index (κ2) is 6.80. The number of nitrogens with one attached hydrogen (secondary N) is 1. The van der Waals surface area contributed by atoms with Gasteiger partial charge in [0.05, 0.1) is 5.69 Å². The highest BCUT2D eigenvalue weighted by Crippen LogP contribution is 2.15. The number of aromatic amines is 1. The third-order valence-electron chi connectivity index (χ3n) is 4.96. The molecular formula is C18H17N7O2S. The summed E-state index contributed by atoms with van der Waals surface area (Å²) >= 11 is 1.45. The molecule has 5 rings (SSSR count). The average Bonchev–Trinajstić information content (AvgIpc) is 3.37. The number of H-pyrrole nitrogens is 1. The highest BCUT2D eigenvalue weighted by Gasteiger charge is 2.23. The summed E-state index contributed by atoms with van der Waals surface area (Å²) in [5.41, 5.74) is 2.76. The smallest absolute Gasteiger partial charge is 0.258 e. The summed E-state index contributed by atoms with van der Waals surface area (Å²) in [6.07, 6.45) is 1.74. The molecule has 0 unspecified atom stereocenters. The second-order valence-corrected chi connectivity index (χ2v) is 7.61. The van der Waals surface area contributed by atoms with Crippen molar-refractivity contribution in [2.24, 2.45) is 0 Å². The summed E-state index contributed by atoms with van der Waals surface area (Å²) in [4.78, 5) is 34.2. The molecule has 142 valence electrons. The van der Waals surface area contributed by atoms with Crippen LogP contribution in [0.4, 0.5) is 0 Å². The third-order valence-corrected chi connectivity index (χ3v) is 5.72. The molecule has 3 aromatic heterocycles. The standard InChI is InChI=1S/C18H17N7O2S/c26-16-10-13(19-18-25(16)7-8-28-18)11-23-3-5-24(6-4-23)17(27)12-1-2-14-15(9-12)21-22-20-14/h1-2,7-10H,3-6,11H2,(H,20,21,22). The fraction of sp³-hybridized carbons (Fsp3) is 0.278. The maximum atomic E-state index is 12.8. The highest BCUT2D eigenvalue weighted by molar-refractivity contribution is 7.15. The van der Waals surface area contributed by atoms with Gasteiger partial charge in [-0.25, -0.2) is 4.98 Å². The zero-order valence-electron chi connectivity index (χ0n) is 14.9. The summed E-state index contributed by atoms with van der Waals surface area (Å²) in [5, 5.41) is 12.5. The summed E-state index contributed by atoms with van der Waals surface area (Å²) in [6, 6.07) is 6.94. The van der Waals surface area contributed by atoms with Gasteiger partial charge in [-0.05, 0) is 18.2 Å². The van der Waals surface area contributed by atoms with Crippen LogP contribution in [0.5, 0.6) is 0 Å². The lowest BCUT2D eigenvalue weighted by atomic mass is 10.1. The molecule has 1 aromatic carbocycles. The topological polar surface area (TPSA) is 99.5 Å². The SMILES string of the molecule is O=C(c1ccc2n[nH]nc2c1)N1CCN(Cc2cc(=O)n3ccsc3n2)CC1. The first kappa shape index (κ1) is 17.0. The molecule has 0 bridgehead atoms. The number of aromatic nitrogens is 5. The molecule has 0 aliphatic carbocycles. The predicted molar refractivity (Wildman–Crippen MR) is 104 cm³/mol. The Morgan fingerprint density at radius 2 is 1.93 bits per heavy atom. The van der Waals surface area contributed by atoms with Crippen LogP contribution < -0.4 is 5.56 Å². The van der Waals surface area contributed by atoms with Crippen LogP contribution in [-0.2, 0) is 6.54 Å². The second-order valence-electron chi connectivity index (χ2n) is 6.74. The number of nitrogens with zero attached hydrogens (tertiary/aromatic N) is 6. The minimum atomic E-state index is -0.0571. The Bertz CT molecular complexity index is 1220. The van der Waals surface area contributed by atoms with E-state index in [2.05, 4.69) is 25.3 Å². The number of benzene rings is 1. The van der Waals surface area contributed by atoms with Crippen LogP contribution in [0.3, 0.4) is 0 Å². The summed E-state index contributed by atoms with van der Waals surface area (Å²) in [7, 11) is 0. The monoisotopic (exact) mass is 395 g/mol. The van der Waals surface area contributed by atoms with Gasteiger partial charge in [0.25, 0.3) is 11.5 Å².